The van der Waals surface area contributed by atoms with Crippen molar-refractivity contribution in [3.8, 4) is 5.75 Å². The summed E-state index contributed by atoms with van der Waals surface area (Å²) in [4.78, 5) is 22.1. The Bertz CT molecular complexity index is 941. The maximum atomic E-state index is 12.0. The second-order valence-electron chi connectivity index (χ2n) is 5.24. The molecule has 0 aliphatic carbocycles. The van der Waals surface area contributed by atoms with Crippen molar-refractivity contribution in [2.45, 2.75) is 0 Å². The molecular weight excluding hydrogens is 388 g/mol. The van der Waals surface area contributed by atoms with Crippen LogP contribution in [0.2, 0.25) is 0 Å². The van der Waals surface area contributed by atoms with E-state index in [1.165, 1.54) is 24.3 Å². The standard InChI is InChI=1S/C18H13BrN2O4/c19-18-15-4-2-1-3-12(15)5-10-16(18)25-11-17(22)20-13-6-8-14(9-7-13)21(23)24/h1-10H,11H2,(H,20,22). The van der Waals surface area contributed by atoms with Crippen molar-refractivity contribution in [3.05, 3.63) is 75.3 Å². The first kappa shape index (κ1) is 16.9. The van der Waals surface area contributed by atoms with Crippen LogP contribution in [-0.4, -0.2) is 17.4 Å². The van der Waals surface area contributed by atoms with Crippen LogP contribution < -0.4 is 10.1 Å². The predicted molar refractivity (Wildman–Crippen MR) is 98.9 cm³/mol. The molecule has 0 atom stereocenters. The molecule has 0 spiro atoms. The number of amides is 1. The second kappa shape index (κ2) is 7.31. The van der Waals surface area contributed by atoms with Gasteiger partial charge in [0.2, 0.25) is 0 Å². The number of carbonyl (C=O) groups excluding carboxylic acids is 1. The van der Waals surface area contributed by atoms with E-state index in [-0.39, 0.29) is 18.2 Å². The fourth-order valence-corrected chi connectivity index (χ4v) is 2.94. The molecule has 0 fully saturated rings. The average Bonchev–Trinajstić information content (AvgIpc) is 2.62. The molecule has 0 bridgehead atoms. The van der Waals surface area contributed by atoms with Gasteiger partial charge in [0.15, 0.2) is 6.61 Å². The Morgan fingerprint density at radius 2 is 1.80 bits per heavy atom. The number of halogens is 1. The van der Waals surface area contributed by atoms with Crippen molar-refractivity contribution in [2.24, 2.45) is 0 Å². The minimum Gasteiger partial charge on any atom is -0.483 e. The van der Waals surface area contributed by atoms with Gasteiger partial charge in [-0.3, -0.25) is 14.9 Å². The number of benzene rings is 3. The number of ether oxygens (including phenoxy) is 1. The van der Waals surface area contributed by atoms with Gasteiger partial charge in [0.1, 0.15) is 5.75 Å². The van der Waals surface area contributed by atoms with Gasteiger partial charge < -0.3 is 10.1 Å². The summed E-state index contributed by atoms with van der Waals surface area (Å²) in [5.41, 5.74) is 0.436. The van der Waals surface area contributed by atoms with Crippen LogP contribution in [0.3, 0.4) is 0 Å². The second-order valence-corrected chi connectivity index (χ2v) is 6.03. The number of non-ortho nitro benzene ring substituents is 1. The quantitative estimate of drug-likeness (QED) is 0.503. The molecule has 7 heteroatoms. The van der Waals surface area contributed by atoms with Crippen molar-refractivity contribution in [1.29, 1.82) is 0 Å². The zero-order valence-electron chi connectivity index (χ0n) is 12.9. The highest BCUT2D eigenvalue weighted by molar-refractivity contribution is 9.10. The van der Waals surface area contributed by atoms with Gasteiger partial charge in [-0.25, -0.2) is 0 Å². The zero-order valence-corrected chi connectivity index (χ0v) is 14.5. The van der Waals surface area contributed by atoms with Crippen LogP contribution >= 0.6 is 15.9 Å². The Kier molecular flexibility index (Phi) is 4.95. The first-order valence-electron chi connectivity index (χ1n) is 7.39. The van der Waals surface area contributed by atoms with Gasteiger partial charge in [-0.2, -0.15) is 0 Å². The molecular formula is C18H13BrN2O4. The molecule has 3 rings (SSSR count). The van der Waals surface area contributed by atoms with Gasteiger partial charge >= 0.3 is 0 Å². The lowest BCUT2D eigenvalue weighted by Crippen LogP contribution is -2.20. The molecule has 25 heavy (non-hydrogen) atoms. The SMILES string of the molecule is O=C(COc1ccc2ccccc2c1Br)Nc1ccc([N+](=O)[O-])cc1. The van der Waals surface area contributed by atoms with E-state index in [1.54, 1.807) is 6.07 Å². The van der Waals surface area contributed by atoms with Gasteiger partial charge in [-0.05, 0) is 44.9 Å². The molecule has 0 aliphatic heterocycles. The largest absolute Gasteiger partial charge is 0.483 e. The van der Waals surface area contributed by atoms with Crippen molar-refractivity contribution < 1.29 is 14.5 Å². The minimum atomic E-state index is -0.494. The predicted octanol–water partition coefficient (Wildman–Crippen LogP) is 4.53. The van der Waals surface area contributed by atoms with Crippen LogP contribution in [0.1, 0.15) is 0 Å². The molecule has 0 aromatic heterocycles. The maximum Gasteiger partial charge on any atom is 0.269 e. The lowest BCUT2D eigenvalue weighted by Gasteiger charge is -2.10. The molecule has 0 heterocycles. The zero-order chi connectivity index (χ0) is 17.8. The number of hydrogen-bond acceptors (Lipinski definition) is 4. The van der Waals surface area contributed by atoms with Crippen LogP contribution in [0.4, 0.5) is 11.4 Å². The van der Waals surface area contributed by atoms with Gasteiger partial charge in [0.05, 0.1) is 9.40 Å². The van der Waals surface area contributed by atoms with Gasteiger partial charge in [-0.15, -0.1) is 0 Å². The number of anilines is 1. The normalized spacial score (nSPS) is 10.4. The summed E-state index contributed by atoms with van der Waals surface area (Å²) in [7, 11) is 0. The summed E-state index contributed by atoms with van der Waals surface area (Å²) in [5, 5.41) is 15.3. The summed E-state index contributed by atoms with van der Waals surface area (Å²) in [6.07, 6.45) is 0. The number of fused-ring (bicyclic) bond motifs is 1. The molecule has 0 unspecified atom stereocenters. The molecule has 0 saturated carbocycles. The van der Waals surface area contributed by atoms with E-state index in [2.05, 4.69) is 21.2 Å². The number of rotatable bonds is 5. The lowest BCUT2D eigenvalue weighted by molar-refractivity contribution is -0.384. The van der Waals surface area contributed by atoms with Crippen LogP contribution in [0.15, 0.2) is 65.1 Å². The summed E-state index contributed by atoms with van der Waals surface area (Å²) in [6, 6.07) is 17.2. The maximum absolute atomic E-state index is 12.0. The van der Waals surface area contributed by atoms with Crippen molar-refractivity contribution in [1.82, 2.24) is 0 Å². The third-order valence-corrected chi connectivity index (χ3v) is 4.37. The summed E-state index contributed by atoms with van der Waals surface area (Å²) in [6.45, 7) is -0.173. The van der Waals surface area contributed by atoms with E-state index in [9.17, 15) is 14.9 Å². The fraction of sp³-hybridized carbons (Fsp3) is 0.0556. The van der Waals surface area contributed by atoms with Gasteiger partial charge in [0, 0.05) is 17.8 Å². The van der Waals surface area contributed by atoms with E-state index >= 15 is 0 Å². The number of hydrogen-bond donors (Lipinski definition) is 1. The van der Waals surface area contributed by atoms with E-state index in [0.717, 1.165) is 15.2 Å². The van der Waals surface area contributed by atoms with E-state index in [4.69, 9.17) is 4.74 Å². The smallest absolute Gasteiger partial charge is 0.269 e. The Labute approximate surface area is 151 Å². The van der Waals surface area contributed by atoms with Crippen LogP contribution in [0.5, 0.6) is 5.75 Å². The first-order valence-corrected chi connectivity index (χ1v) is 8.18. The molecule has 1 N–H and O–H groups in total. The third kappa shape index (κ3) is 3.95. The molecule has 3 aromatic rings. The van der Waals surface area contributed by atoms with Crippen LogP contribution in [0.25, 0.3) is 10.8 Å². The molecule has 126 valence electrons. The van der Waals surface area contributed by atoms with E-state index in [0.29, 0.717) is 11.4 Å². The number of nitro groups is 1. The Hall–Kier alpha value is -2.93. The van der Waals surface area contributed by atoms with Crippen molar-refractivity contribution >= 4 is 44.0 Å². The highest BCUT2D eigenvalue weighted by atomic mass is 79.9. The Morgan fingerprint density at radius 3 is 2.52 bits per heavy atom. The molecule has 6 nitrogen and oxygen atoms in total. The average molecular weight is 401 g/mol. The first-order chi connectivity index (χ1) is 12.0. The van der Waals surface area contributed by atoms with E-state index in [1.807, 2.05) is 30.3 Å². The molecule has 0 saturated heterocycles. The minimum absolute atomic E-state index is 0.0330. The summed E-state index contributed by atoms with van der Waals surface area (Å²) in [5.74, 6) is 0.214. The molecule has 1 amide bonds. The van der Waals surface area contributed by atoms with Crippen molar-refractivity contribution in [2.75, 3.05) is 11.9 Å². The van der Waals surface area contributed by atoms with Crippen LogP contribution in [-0.2, 0) is 4.79 Å². The monoisotopic (exact) mass is 400 g/mol. The van der Waals surface area contributed by atoms with Crippen molar-refractivity contribution in [3.63, 3.8) is 0 Å². The number of carbonyl (C=O) groups is 1. The number of nitro benzene ring substituents is 1. The highest BCUT2D eigenvalue weighted by Gasteiger charge is 2.10. The van der Waals surface area contributed by atoms with E-state index < -0.39 is 4.92 Å². The Balaban J connectivity index is 1.64. The fourth-order valence-electron chi connectivity index (χ4n) is 2.33. The summed E-state index contributed by atoms with van der Waals surface area (Å²) >= 11 is 3.50. The number of nitrogens with zero attached hydrogens (tertiary/aromatic N) is 1. The van der Waals surface area contributed by atoms with Crippen LogP contribution in [0, 0.1) is 10.1 Å². The Morgan fingerprint density at radius 1 is 1.08 bits per heavy atom. The lowest BCUT2D eigenvalue weighted by atomic mass is 10.1. The number of nitrogens with one attached hydrogen (secondary N) is 1. The topological polar surface area (TPSA) is 81.5 Å². The third-order valence-electron chi connectivity index (χ3n) is 3.55. The summed E-state index contributed by atoms with van der Waals surface area (Å²) < 4.78 is 6.36. The molecule has 3 aromatic carbocycles. The van der Waals surface area contributed by atoms with Gasteiger partial charge in [0.25, 0.3) is 11.6 Å². The molecule has 0 radical (unpaired) electrons. The van der Waals surface area contributed by atoms with Gasteiger partial charge in [-0.1, -0.05) is 30.3 Å². The molecule has 0 aliphatic rings. The highest BCUT2D eigenvalue weighted by Crippen LogP contribution is 2.33.